The smallest absolute Gasteiger partial charge is 0.255 e. The van der Waals surface area contributed by atoms with Crippen molar-refractivity contribution in [1.29, 1.82) is 0 Å². The van der Waals surface area contributed by atoms with Crippen LogP contribution >= 0.6 is 0 Å². The molecule has 1 amide bonds. The summed E-state index contributed by atoms with van der Waals surface area (Å²) in [4.78, 5) is 11.9. The fourth-order valence-corrected chi connectivity index (χ4v) is 1.87. The lowest BCUT2D eigenvalue weighted by atomic mass is 10.0. The average Bonchev–Trinajstić information content (AvgIpc) is 2.29. The number of aliphatic hydroxyl groups is 1. The van der Waals surface area contributed by atoms with E-state index in [0.717, 1.165) is 0 Å². The molecule has 0 heterocycles. The van der Waals surface area contributed by atoms with Gasteiger partial charge in [-0.2, -0.15) is 0 Å². The number of benzene rings is 1. The fraction of sp³-hybridized carbons (Fsp3) is 0.500. The van der Waals surface area contributed by atoms with E-state index in [1.807, 2.05) is 6.92 Å². The van der Waals surface area contributed by atoms with Gasteiger partial charge in [0.05, 0.1) is 11.7 Å². The lowest BCUT2D eigenvalue weighted by molar-refractivity contribution is 0.0936. The number of aryl methyl sites for hydroxylation is 1. The van der Waals surface area contributed by atoms with Crippen molar-refractivity contribution in [2.24, 2.45) is 5.92 Å². The highest BCUT2D eigenvalue weighted by Gasteiger charge is 2.13. The van der Waals surface area contributed by atoms with Crippen LogP contribution in [0.4, 0.5) is 0 Å². The van der Waals surface area contributed by atoms with Gasteiger partial charge in [0, 0.05) is 6.54 Å². The molecule has 0 bridgehead atoms. The quantitative estimate of drug-likeness (QED) is 0.748. The minimum absolute atomic E-state index is 0.0261. The zero-order chi connectivity index (χ0) is 13.7. The van der Waals surface area contributed by atoms with Gasteiger partial charge in [-0.25, -0.2) is 0 Å². The van der Waals surface area contributed by atoms with Gasteiger partial charge in [0.25, 0.3) is 5.91 Å². The molecule has 0 aromatic heterocycles. The van der Waals surface area contributed by atoms with Crippen molar-refractivity contribution in [2.75, 3.05) is 6.54 Å². The van der Waals surface area contributed by atoms with E-state index in [-0.39, 0.29) is 23.7 Å². The third-order valence-corrected chi connectivity index (χ3v) is 2.84. The largest absolute Gasteiger partial charge is 0.507 e. The summed E-state index contributed by atoms with van der Waals surface area (Å²) in [7, 11) is 0. The van der Waals surface area contributed by atoms with Gasteiger partial charge < -0.3 is 15.5 Å². The van der Waals surface area contributed by atoms with Gasteiger partial charge in [0.15, 0.2) is 0 Å². The molecule has 0 aliphatic carbocycles. The molecule has 4 heteroatoms. The molecular weight excluding hydrogens is 230 g/mol. The molecule has 4 nitrogen and oxygen atoms in total. The van der Waals surface area contributed by atoms with Crippen LogP contribution < -0.4 is 5.32 Å². The van der Waals surface area contributed by atoms with Gasteiger partial charge in [-0.3, -0.25) is 4.79 Å². The van der Waals surface area contributed by atoms with Gasteiger partial charge >= 0.3 is 0 Å². The normalized spacial score (nSPS) is 14.0. The summed E-state index contributed by atoms with van der Waals surface area (Å²) in [5.74, 6) is -0.0623. The summed E-state index contributed by atoms with van der Waals surface area (Å²) < 4.78 is 0. The Balaban J connectivity index is 2.58. The van der Waals surface area contributed by atoms with Crippen LogP contribution in [0.1, 0.15) is 36.2 Å². The number of rotatable bonds is 5. The molecule has 0 aliphatic heterocycles. The molecule has 0 saturated heterocycles. The minimum atomic E-state index is -0.371. The van der Waals surface area contributed by atoms with Crippen LogP contribution in [0.3, 0.4) is 0 Å². The number of hydrogen-bond acceptors (Lipinski definition) is 3. The molecule has 18 heavy (non-hydrogen) atoms. The van der Waals surface area contributed by atoms with E-state index in [4.69, 9.17) is 0 Å². The van der Waals surface area contributed by atoms with Crippen molar-refractivity contribution in [3.05, 3.63) is 29.3 Å². The highest BCUT2D eigenvalue weighted by Crippen LogP contribution is 2.21. The Morgan fingerprint density at radius 2 is 2.06 bits per heavy atom. The molecule has 1 rings (SSSR count). The van der Waals surface area contributed by atoms with E-state index >= 15 is 0 Å². The molecule has 0 radical (unpaired) electrons. The molecule has 0 fully saturated rings. The molecule has 0 aliphatic rings. The maximum Gasteiger partial charge on any atom is 0.255 e. The molecular formula is C14H21NO3. The minimum Gasteiger partial charge on any atom is -0.507 e. The Hall–Kier alpha value is -1.55. The van der Waals surface area contributed by atoms with E-state index in [9.17, 15) is 15.0 Å². The number of phenolic OH excluding ortho intramolecular Hbond substituents is 1. The van der Waals surface area contributed by atoms with E-state index in [1.165, 1.54) is 0 Å². The molecule has 3 N–H and O–H groups in total. The standard InChI is InChI=1S/C14H21NO3/c1-9(7-11(3)16)8-15-14(18)12-6-4-5-10(2)13(12)17/h4-6,9,11,16-17H,7-8H2,1-3H3,(H,15,18)/t9-,11+/m0/s1. The lowest BCUT2D eigenvalue weighted by Gasteiger charge is -2.14. The molecule has 2 atom stereocenters. The molecule has 100 valence electrons. The van der Waals surface area contributed by atoms with Crippen LogP contribution in [0, 0.1) is 12.8 Å². The average molecular weight is 251 g/mol. The van der Waals surface area contributed by atoms with Crippen molar-refractivity contribution in [3.63, 3.8) is 0 Å². The zero-order valence-electron chi connectivity index (χ0n) is 11.1. The van der Waals surface area contributed by atoms with Gasteiger partial charge in [0.2, 0.25) is 0 Å². The molecule has 0 spiro atoms. The van der Waals surface area contributed by atoms with Crippen LogP contribution in [-0.4, -0.2) is 28.8 Å². The maximum absolute atomic E-state index is 11.9. The summed E-state index contributed by atoms with van der Waals surface area (Å²) in [5.41, 5.74) is 0.971. The van der Waals surface area contributed by atoms with Crippen LogP contribution in [0.5, 0.6) is 5.75 Å². The summed E-state index contributed by atoms with van der Waals surface area (Å²) in [5, 5.41) is 21.8. The van der Waals surface area contributed by atoms with E-state index in [1.54, 1.807) is 32.0 Å². The third-order valence-electron chi connectivity index (χ3n) is 2.84. The summed E-state index contributed by atoms with van der Waals surface area (Å²) in [6.07, 6.45) is 0.268. The Morgan fingerprint density at radius 1 is 1.39 bits per heavy atom. The fourth-order valence-electron chi connectivity index (χ4n) is 1.87. The number of carbonyl (C=O) groups excluding carboxylic acids is 1. The highest BCUT2D eigenvalue weighted by atomic mass is 16.3. The number of aromatic hydroxyl groups is 1. The van der Waals surface area contributed by atoms with E-state index < -0.39 is 0 Å². The summed E-state index contributed by atoms with van der Waals surface area (Å²) >= 11 is 0. The van der Waals surface area contributed by atoms with Crippen molar-refractivity contribution in [1.82, 2.24) is 5.32 Å². The maximum atomic E-state index is 11.9. The monoisotopic (exact) mass is 251 g/mol. The zero-order valence-corrected chi connectivity index (χ0v) is 11.1. The van der Waals surface area contributed by atoms with Crippen molar-refractivity contribution >= 4 is 5.91 Å². The van der Waals surface area contributed by atoms with Gasteiger partial charge in [0.1, 0.15) is 5.75 Å². The lowest BCUT2D eigenvalue weighted by Crippen LogP contribution is -2.29. The Kier molecular flexibility index (Phi) is 5.16. The number of phenols is 1. The SMILES string of the molecule is Cc1cccc(C(=O)NC[C@@H](C)C[C@@H](C)O)c1O. The first-order valence-corrected chi connectivity index (χ1v) is 6.16. The van der Waals surface area contributed by atoms with E-state index in [0.29, 0.717) is 24.1 Å². The van der Waals surface area contributed by atoms with Gasteiger partial charge in [-0.05, 0) is 37.8 Å². The Bertz CT molecular complexity index is 416. The number of para-hydroxylation sites is 1. The van der Waals surface area contributed by atoms with Crippen molar-refractivity contribution in [3.8, 4) is 5.75 Å². The predicted octanol–water partition coefficient (Wildman–Crippen LogP) is 1.84. The first-order chi connectivity index (χ1) is 8.41. The second-order valence-corrected chi connectivity index (χ2v) is 4.87. The van der Waals surface area contributed by atoms with Crippen molar-refractivity contribution in [2.45, 2.75) is 33.3 Å². The first kappa shape index (κ1) is 14.5. The number of nitrogens with one attached hydrogen (secondary N) is 1. The topological polar surface area (TPSA) is 69.6 Å². The number of amides is 1. The van der Waals surface area contributed by atoms with Gasteiger partial charge in [-0.15, -0.1) is 0 Å². The van der Waals surface area contributed by atoms with Crippen LogP contribution in [0.2, 0.25) is 0 Å². The number of aliphatic hydroxyl groups excluding tert-OH is 1. The Labute approximate surface area is 108 Å². The number of carbonyl (C=O) groups is 1. The number of hydrogen-bond donors (Lipinski definition) is 3. The summed E-state index contributed by atoms with van der Waals surface area (Å²) in [6.45, 7) is 5.92. The second-order valence-electron chi connectivity index (χ2n) is 4.87. The molecule has 0 saturated carbocycles. The van der Waals surface area contributed by atoms with Crippen molar-refractivity contribution < 1.29 is 15.0 Å². The van der Waals surface area contributed by atoms with Crippen LogP contribution in [0.25, 0.3) is 0 Å². The predicted molar refractivity (Wildman–Crippen MR) is 70.6 cm³/mol. The molecule has 0 unspecified atom stereocenters. The Morgan fingerprint density at radius 3 is 2.67 bits per heavy atom. The second kappa shape index (κ2) is 6.40. The highest BCUT2D eigenvalue weighted by molar-refractivity contribution is 5.97. The summed E-state index contributed by atoms with van der Waals surface area (Å²) in [6, 6.07) is 5.09. The molecule has 1 aromatic rings. The van der Waals surface area contributed by atoms with Crippen LogP contribution in [0.15, 0.2) is 18.2 Å². The van der Waals surface area contributed by atoms with E-state index in [2.05, 4.69) is 5.32 Å². The third kappa shape index (κ3) is 4.04. The van der Waals surface area contributed by atoms with Crippen LogP contribution in [-0.2, 0) is 0 Å². The van der Waals surface area contributed by atoms with Gasteiger partial charge in [-0.1, -0.05) is 19.1 Å². The molecule has 1 aromatic carbocycles. The first-order valence-electron chi connectivity index (χ1n) is 6.16.